The molecule has 25 heavy (non-hydrogen) atoms. The van der Waals surface area contributed by atoms with Crippen molar-refractivity contribution in [2.45, 2.75) is 26.4 Å². The van der Waals surface area contributed by atoms with Gasteiger partial charge in [0, 0.05) is 17.8 Å². The van der Waals surface area contributed by atoms with E-state index in [0.717, 1.165) is 28.5 Å². The lowest BCUT2D eigenvalue weighted by molar-refractivity contribution is -0.138. The normalized spacial score (nSPS) is 17.4. The zero-order chi connectivity index (χ0) is 17.8. The predicted octanol–water partition coefficient (Wildman–Crippen LogP) is 2.24. The van der Waals surface area contributed by atoms with E-state index in [-0.39, 0.29) is 12.0 Å². The van der Waals surface area contributed by atoms with Crippen LogP contribution >= 0.6 is 0 Å². The van der Waals surface area contributed by atoms with Crippen molar-refractivity contribution >= 4 is 5.91 Å². The van der Waals surface area contributed by atoms with Crippen molar-refractivity contribution in [2.24, 2.45) is 0 Å². The van der Waals surface area contributed by atoms with Gasteiger partial charge in [-0.1, -0.05) is 18.2 Å². The molecule has 1 aliphatic rings. The first-order valence-electron chi connectivity index (χ1n) is 8.40. The van der Waals surface area contributed by atoms with Crippen molar-refractivity contribution in [1.29, 1.82) is 0 Å². The summed E-state index contributed by atoms with van der Waals surface area (Å²) in [4.78, 5) is 23.3. The summed E-state index contributed by atoms with van der Waals surface area (Å²) in [7, 11) is 1.62. The molecule has 0 bridgehead atoms. The quantitative estimate of drug-likeness (QED) is 0.853. The summed E-state index contributed by atoms with van der Waals surface area (Å²) in [5.74, 6) is 1.53. The first-order valence-corrected chi connectivity index (χ1v) is 8.40. The summed E-state index contributed by atoms with van der Waals surface area (Å²) in [5.41, 5.74) is 2.63. The number of carbonyl (C=O) groups is 1. The van der Waals surface area contributed by atoms with Gasteiger partial charge in [0.15, 0.2) is 0 Å². The average Bonchev–Trinajstić information content (AvgIpc) is 2.61. The van der Waals surface area contributed by atoms with Crippen molar-refractivity contribution in [3.8, 4) is 5.75 Å². The number of carbonyl (C=O) groups excluding carboxylic acids is 1. The van der Waals surface area contributed by atoms with Gasteiger partial charge in [-0.2, -0.15) is 0 Å². The van der Waals surface area contributed by atoms with Gasteiger partial charge in [0.05, 0.1) is 32.4 Å². The van der Waals surface area contributed by atoms with E-state index in [4.69, 9.17) is 9.47 Å². The van der Waals surface area contributed by atoms with Crippen molar-refractivity contribution in [2.75, 3.05) is 26.8 Å². The van der Waals surface area contributed by atoms with Crippen LogP contribution < -0.4 is 4.74 Å². The number of benzene rings is 1. The van der Waals surface area contributed by atoms with Crippen LogP contribution in [-0.4, -0.2) is 47.6 Å². The Balaban J connectivity index is 1.71. The number of aryl methyl sites for hydroxylation is 2. The largest absolute Gasteiger partial charge is 0.496 e. The van der Waals surface area contributed by atoms with E-state index in [9.17, 15) is 4.79 Å². The molecule has 0 saturated carbocycles. The summed E-state index contributed by atoms with van der Waals surface area (Å²) < 4.78 is 11.2. The molecule has 0 radical (unpaired) electrons. The molecule has 6 nitrogen and oxygen atoms in total. The Hall–Kier alpha value is -2.47. The number of amides is 1. The molecule has 1 aromatic heterocycles. The highest BCUT2D eigenvalue weighted by Gasteiger charge is 2.27. The van der Waals surface area contributed by atoms with Crippen molar-refractivity contribution in [3.05, 3.63) is 53.1 Å². The molecule has 1 fully saturated rings. The van der Waals surface area contributed by atoms with Gasteiger partial charge in [-0.25, -0.2) is 9.97 Å². The lowest BCUT2D eigenvalue weighted by Crippen LogP contribution is -2.43. The number of para-hydroxylation sites is 1. The number of hydrogen-bond donors (Lipinski definition) is 0. The van der Waals surface area contributed by atoms with Crippen LogP contribution in [0, 0.1) is 13.8 Å². The van der Waals surface area contributed by atoms with E-state index in [2.05, 4.69) is 9.97 Å². The molecule has 1 amide bonds. The molecule has 0 unspecified atom stereocenters. The van der Waals surface area contributed by atoms with Gasteiger partial charge in [-0.3, -0.25) is 4.79 Å². The molecule has 6 heteroatoms. The third-order valence-corrected chi connectivity index (χ3v) is 4.27. The minimum Gasteiger partial charge on any atom is -0.496 e. The number of rotatable bonds is 4. The van der Waals surface area contributed by atoms with Crippen LogP contribution in [0.1, 0.15) is 28.9 Å². The number of aromatic nitrogens is 2. The van der Waals surface area contributed by atoms with Gasteiger partial charge in [0.25, 0.3) is 0 Å². The fourth-order valence-corrected chi connectivity index (χ4v) is 3.09. The number of hydrogen-bond acceptors (Lipinski definition) is 5. The van der Waals surface area contributed by atoms with Crippen LogP contribution in [-0.2, 0) is 16.0 Å². The SMILES string of the molecule is COc1ccccc1CC(=O)N1CCO[C@H](c2cc(C)nc(C)n2)C1. The zero-order valence-corrected chi connectivity index (χ0v) is 14.9. The zero-order valence-electron chi connectivity index (χ0n) is 14.9. The minimum absolute atomic E-state index is 0.0697. The number of morpholine rings is 1. The van der Waals surface area contributed by atoms with E-state index < -0.39 is 0 Å². The summed E-state index contributed by atoms with van der Waals surface area (Å²) in [6.45, 7) is 5.40. The fourth-order valence-electron chi connectivity index (χ4n) is 3.09. The topological polar surface area (TPSA) is 64.5 Å². The van der Waals surface area contributed by atoms with Crippen molar-refractivity contribution in [3.63, 3.8) is 0 Å². The van der Waals surface area contributed by atoms with Crippen molar-refractivity contribution in [1.82, 2.24) is 14.9 Å². The molecule has 1 aromatic carbocycles. The Bertz CT molecular complexity index is 743. The van der Waals surface area contributed by atoms with Crippen LogP contribution in [0.2, 0.25) is 0 Å². The molecule has 0 spiro atoms. The molecule has 1 atom stereocenters. The molecule has 3 rings (SSSR count). The maximum atomic E-state index is 12.7. The maximum absolute atomic E-state index is 12.7. The van der Waals surface area contributed by atoms with E-state index in [1.54, 1.807) is 7.11 Å². The first kappa shape index (κ1) is 17.4. The van der Waals surface area contributed by atoms with E-state index in [1.807, 2.05) is 49.1 Å². The van der Waals surface area contributed by atoms with E-state index >= 15 is 0 Å². The molecule has 0 aliphatic carbocycles. The van der Waals surface area contributed by atoms with E-state index in [0.29, 0.717) is 26.1 Å². The lowest BCUT2D eigenvalue weighted by atomic mass is 10.1. The van der Waals surface area contributed by atoms with Crippen LogP contribution in [0.3, 0.4) is 0 Å². The number of nitrogens with zero attached hydrogens (tertiary/aromatic N) is 3. The summed E-state index contributed by atoms with van der Waals surface area (Å²) >= 11 is 0. The first-order chi connectivity index (χ1) is 12.1. The standard InChI is InChI=1S/C19H23N3O3/c1-13-10-16(21-14(2)20-13)18-12-22(8-9-25-18)19(23)11-15-6-4-5-7-17(15)24-3/h4-7,10,18H,8-9,11-12H2,1-3H3/t18-/m0/s1. The fraction of sp³-hybridized carbons (Fsp3) is 0.421. The average molecular weight is 341 g/mol. The van der Waals surface area contributed by atoms with Gasteiger partial charge in [0.2, 0.25) is 5.91 Å². The second-order valence-corrected chi connectivity index (χ2v) is 6.17. The van der Waals surface area contributed by atoms with Crippen LogP contribution in [0.25, 0.3) is 0 Å². The molecule has 2 heterocycles. The Kier molecular flexibility index (Phi) is 5.28. The van der Waals surface area contributed by atoms with E-state index in [1.165, 1.54) is 0 Å². The third-order valence-electron chi connectivity index (χ3n) is 4.27. The minimum atomic E-state index is -0.212. The Labute approximate surface area is 147 Å². The van der Waals surface area contributed by atoms with Gasteiger partial charge in [-0.05, 0) is 26.0 Å². The second-order valence-electron chi connectivity index (χ2n) is 6.17. The van der Waals surface area contributed by atoms with Crippen LogP contribution in [0.15, 0.2) is 30.3 Å². The highest BCUT2D eigenvalue weighted by Crippen LogP contribution is 2.23. The predicted molar refractivity (Wildman–Crippen MR) is 93.5 cm³/mol. The second kappa shape index (κ2) is 7.61. The molecule has 2 aromatic rings. The summed E-state index contributed by atoms with van der Waals surface area (Å²) in [6, 6.07) is 9.53. The lowest BCUT2D eigenvalue weighted by Gasteiger charge is -2.33. The molecule has 0 N–H and O–H groups in total. The summed E-state index contributed by atoms with van der Waals surface area (Å²) in [6.07, 6.45) is 0.106. The van der Waals surface area contributed by atoms with Crippen LogP contribution in [0.5, 0.6) is 5.75 Å². The Morgan fingerprint density at radius 1 is 1.32 bits per heavy atom. The highest BCUT2D eigenvalue weighted by atomic mass is 16.5. The number of ether oxygens (including phenoxy) is 2. The smallest absolute Gasteiger partial charge is 0.227 e. The summed E-state index contributed by atoms with van der Waals surface area (Å²) in [5, 5.41) is 0. The molecule has 1 aliphatic heterocycles. The van der Waals surface area contributed by atoms with Gasteiger partial charge >= 0.3 is 0 Å². The monoisotopic (exact) mass is 341 g/mol. The maximum Gasteiger partial charge on any atom is 0.227 e. The van der Waals surface area contributed by atoms with Crippen molar-refractivity contribution < 1.29 is 14.3 Å². The Morgan fingerprint density at radius 3 is 2.88 bits per heavy atom. The Morgan fingerprint density at radius 2 is 2.12 bits per heavy atom. The molecule has 132 valence electrons. The van der Waals surface area contributed by atoms with Gasteiger partial charge in [-0.15, -0.1) is 0 Å². The third kappa shape index (κ3) is 4.14. The van der Waals surface area contributed by atoms with Crippen LogP contribution in [0.4, 0.5) is 0 Å². The van der Waals surface area contributed by atoms with Gasteiger partial charge in [0.1, 0.15) is 17.7 Å². The van der Waals surface area contributed by atoms with Gasteiger partial charge < -0.3 is 14.4 Å². The highest BCUT2D eigenvalue weighted by molar-refractivity contribution is 5.79. The number of methoxy groups -OCH3 is 1. The molecule has 1 saturated heterocycles. The molecular weight excluding hydrogens is 318 g/mol. The molecular formula is C19H23N3O3.